The van der Waals surface area contributed by atoms with Gasteiger partial charge in [-0.2, -0.15) is 0 Å². The van der Waals surface area contributed by atoms with Crippen LogP contribution in [-0.2, 0) is 16.1 Å². The number of ether oxygens (including phenoxy) is 1. The summed E-state index contributed by atoms with van der Waals surface area (Å²) in [6.07, 6.45) is 3.46. The van der Waals surface area contributed by atoms with Gasteiger partial charge in [-0.1, -0.05) is 12.1 Å². The van der Waals surface area contributed by atoms with Crippen molar-refractivity contribution < 1.29 is 13.9 Å². The SMILES string of the molecule is CN(C)C(=O)[C@@H]1CCC2(CCN(Cc3ccc(F)cc3)CC2)O1. The molecule has 3 rings (SSSR count). The zero-order valence-corrected chi connectivity index (χ0v) is 13.9. The van der Waals surface area contributed by atoms with Gasteiger partial charge in [0.25, 0.3) is 5.91 Å². The molecule has 4 nitrogen and oxygen atoms in total. The number of amides is 1. The fraction of sp³-hybridized carbons (Fsp3) is 0.611. The number of likely N-dealkylation sites (N-methyl/N-ethyl adjacent to an activating group) is 1. The molecule has 0 aromatic heterocycles. The molecule has 2 aliphatic heterocycles. The molecule has 5 heteroatoms. The van der Waals surface area contributed by atoms with E-state index >= 15 is 0 Å². The summed E-state index contributed by atoms with van der Waals surface area (Å²) in [6, 6.07) is 6.71. The number of halogens is 1. The van der Waals surface area contributed by atoms with Crippen LogP contribution in [0.4, 0.5) is 4.39 Å². The molecule has 0 saturated carbocycles. The van der Waals surface area contributed by atoms with E-state index in [1.807, 2.05) is 12.1 Å². The predicted molar refractivity (Wildman–Crippen MR) is 86.4 cm³/mol. The van der Waals surface area contributed by atoms with Gasteiger partial charge in [-0.05, 0) is 43.4 Å². The minimum atomic E-state index is -0.270. The van der Waals surface area contributed by atoms with Gasteiger partial charge in [0, 0.05) is 33.7 Å². The maximum Gasteiger partial charge on any atom is 0.251 e. The molecule has 2 fully saturated rings. The van der Waals surface area contributed by atoms with Crippen LogP contribution in [0, 0.1) is 5.82 Å². The van der Waals surface area contributed by atoms with E-state index in [-0.39, 0.29) is 23.4 Å². The second-order valence-electron chi connectivity index (χ2n) is 6.96. The summed E-state index contributed by atoms with van der Waals surface area (Å²) in [5.74, 6) is -0.113. The first kappa shape index (κ1) is 16.4. The van der Waals surface area contributed by atoms with Gasteiger partial charge < -0.3 is 9.64 Å². The first-order chi connectivity index (χ1) is 11.0. The van der Waals surface area contributed by atoms with E-state index in [0.29, 0.717) is 0 Å². The number of nitrogens with zero attached hydrogens (tertiary/aromatic N) is 2. The number of benzene rings is 1. The Hall–Kier alpha value is -1.46. The normalized spacial score (nSPS) is 24.0. The number of likely N-dealkylation sites (tertiary alicyclic amines) is 1. The molecule has 1 amide bonds. The van der Waals surface area contributed by atoms with Crippen molar-refractivity contribution in [2.75, 3.05) is 27.2 Å². The van der Waals surface area contributed by atoms with E-state index in [9.17, 15) is 9.18 Å². The van der Waals surface area contributed by atoms with Crippen LogP contribution in [0.2, 0.25) is 0 Å². The van der Waals surface area contributed by atoms with E-state index in [1.54, 1.807) is 19.0 Å². The summed E-state index contributed by atoms with van der Waals surface area (Å²) in [7, 11) is 3.56. The lowest BCUT2D eigenvalue weighted by molar-refractivity contribution is -0.148. The van der Waals surface area contributed by atoms with E-state index < -0.39 is 0 Å². The first-order valence-corrected chi connectivity index (χ1v) is 8.33. The third-order valence-corrected chi connectivity index (χ3v) is 5.06. The van der Waals surface area contributed by atoms with Crippen LogP contribution < -0.4 is 0 Å². The second-order valence-corrected chi connectivity index (χ2v) is 6.96. The molecule has 23 heavy (non-hydrogen) atoms. The number of hydrogen-bond acceptors (Lipinski definition) is 3. The Morgan fingerprint density at radius 1 is 1.26 bits per heavy atom. The average molecular weight is 320 g/mol. The second kappa shape index (κ2) is 6.57. The molecule has 2 heterocycles. The number of carbonyl (C=O) groups is 1. The van der Waals surface area contributed by atoms with Crippen LogP contribution in [-0.4, -0.2) is 54.6 Å². The molecule has 0 bridgehead atoms. The largest absolute Gasteiger partial charge is 0.362 e. The van der Waals surface area contributed by atoms with Crippen LogP contribution in [0.15, 0.2) is 24.3 Å². The first-order valence-electron chi connectivity index (χ1n) is 8.33. The van der Waals surface area contributed by atoms with Crippen LogP contribution in [0.5, 0.6) is 0 Å². The lowest BCUT2D eigenvalue weighted by atomic mass is 9.88. The fourth-order valence-corrected chi connectivity index (χ4v) is 3.61. The Bertz CT molecular complexity index is 551. The summed E-state index contributed by atoms with van der Waals surface area (Å²) in [5.41, 5.74) is 1.02. The van der Waals surface area contributed by atoms with E-state index in [0.717, 1.165) is 50.9 Å². The van der Waals surface area contributed by atoms with Gasteiger partial charge in [-0.3, -0.25) is 9.69 Å². The molecule has 1 spiro atoms. The third-order valence-electron chi connectivity index (χ3n) is 5.06. The Kier molecular flexibility index (Phi) is 4.69. The minimum absolute atomic E-state index is 0.0793. The molecule has 1 aromatic rings. The molecule has 0 aliphatic carbocycles. The summed E-state index contributed by atoms with van der Waals surface area (Å²) < 4.78 is 19.1. The molecule has 126 valence electrons. The monoisotopic (exact) mass is 320 g/mol. The van der Waals surface area contributed by atoms with Crippen molar-refractivity contribution in [2.24, 2.45) is 0 Å². The summed E-state index contributed by atoms with van der Waals surface area (Å²) in [4.78, 5) is 16.1. The highest BCUT2D eigenvalue weighted by atomic mass is 19.1. The molecule has 2 saturated heterocycles. The van der Waals surface area contributed by atoms with Crippen molar-refractivity contribution in [3.8, 4) is 0 Å². The fourth-order valence-electron chi connectivity index (χ4n) is 3.61. The number of carbonyl (C=O) groups excluding carboxylic acids is 1. The Balaban J connectivity index is 1.52. The summed E-state index contributed by atoms with van der Waals surface area (Å²) in [5, 5.41) is 0. The van der Waals surface area contributed by atoms with Crippen LogP contribution in [0.1, 0.15) is 31.2 Å². The van der Waals surface area contributed by atoms with Crippen LogP contribution in [0.3, 0.4) is 0 Å². The van der Waals surface area contributed by atoms with E-state index in [1.165, 1.54) is 12.1 Å². The molecular weight excluding hydrogens is 295 g/mol. The standard InChI is InChI=1S/C18H25FN2O2/c1-20(2)17(22)16-7-8-18(23-16)9-11-21(12-10-18)13-14-3-5-15(19)6-4-14/h3-6,16H,7-13H2,1-2H3/t16-/m0/s1. The lowest BCUT2D eigenvalue weighted by Gasteiger charge is -2.39. The van der Waals surface area contributed by atoms with Crippen LogP contribution >= 0.6 is 0 Å². The van der Waals surface area contributed by atoms with Crippen molar-refractivity contribution >= 4 is 5.91 Å². The summed E-state index contributed by atoms with van der Waals surface area (Å²) in [6.45, 7) is 2.76. The quantitative estimate of drug-likeness (QED) is 0.857. The third kappa shape index (κ3) is 3.72. The Morgan fingerprint density at radius 2 is 1.91 bits per heavy atom. The maximum absolute atomic E-state index is 13.0. The van der Waals surface area contributed by atoms with Crippen molar-refractivity contribution in [1.82, 2.24) is 9.80 Å². The zero-order chi connectivity index (χ0) is 16.4. The van der Waals surface area contributed by atoms with E-state index in [2.05, 4.69) is 4.90 Å². The average Bonchev–Trinajstić information content (AvgIpc) is 2.95. The highest BCUT2D eigenvalue weighted by molar-refractivity contribution is 5.80. The van der Waals surface area contributed by atoms with Gasteiger partial charge in [0.2, 0.25) is 0 Å². The van der Waals surface area contributed by atoms with Gasteiger partial charge >= 0.3 is 0 Å². The highest BCUT2D eigenvalue weighted by Gasteiger charge is 2.44. The predicted octanol–water partition coefficient (Wildman–Crippen LogP) is 2.43. The van der Waals surface area contributed by atoms with Gasteiger partial charge in [0.05, 0.1) is 5.60 Å². The van der Waals surface area contributed by atoms with E-state index in [4.69, 9.17) is 4.74 Å². The number of rotatable bonds is 3. The summed E-state index contributed by atoms with van der Waals surface area (Å²) >= 11 is 0. The van der Waals surface area contributed by atoms with Gasteiger partial charge in [-0.25, -0.2) is 4.39 Å². The molecule has 1 atom stereocenters. The number of piperidine rings is 1. The number of hydrogen-bond donors (Lipinski definition) is 0. The Labute approximate surface area is 137 Å². The highest BCUT2D eigenvalue weighted by Crippen LogP contribution is 2.39. The smallest absolute Gasteiger partial charge is 0.251 e. The van der Waals surface area contributed by atoms with Crippen molar-refractivity contribution in [3.05, 3.63) is 35.6 Å². The van der Waals surface area contributed by atoms with Crippen molar-refractivity contribution in [2.45, 2.75) is 43.9 Å². The molecule has 0 radical (unpaired) electrons. The molecule has 2 aliphatic rings. The van der Waals surface area contributed by atoms with Crippen molar-refractivity contribution in [1.29, 1.82) is 0 Å². The topological polar surface area (TPSA) is 32.8 Å². The molecule has 0 N–H and O–H groups in total. The molecule has 0 unspecified atom stereocenters. The van der Waals surface area contributed by atoms with Crippen molar-refractivity contribution in [3.63, 3.8) is 0 Å². The van der Waals surface area contributed by atoms with Gasteiger partial charge in [0.1, 0.15) is 11.9 Å². The Morgan fingerprint density at radius 3 is 2.52 bits per heavy atom. The molecule has 1 aromatic carbocycles. The van der Waals surface area contributed by atoms with Crippen LogP contribution in [0.25, 0.3) is 0 Å². The molecular formula is C18H25FN2O2. The maximum atomic E-state index is 13.0. The minimum Gasteiger partial charge on any atom is -0.362 e. The zero-order valence-electron chi connectivity index (χ0n) is 13.9. The van der Waals surface area contributed by atoms with Gasteiger partial charge in [0.15, 0.2) is 0 Å². The lowest BCUT2D eigenvalue weighted by Crippen LogP contribution is -2.45. The van der Waals surface area contributed by atoms with Gasteiger partial charge in [-0.15, -0.1) is 0 Å².